The summed E-state index contributed by atoms with van der Waals surface area (Å²) < 4.78 is 6.06. The Morgan fingerprint density at radius 1 is 1.35 bits per heavy atom. The number of rotatable bonds is 4. The van der Waals surface area contributed by atoms with Crippen molar-refractivity contribution in [1.29, 1.82) is 0 Å². The van der Waals surface area contributed by atoms with Gasteiger partial charge in [0.05, 0.1) is 17.1 Å². The molecule has 0 aliphatic carbocycles. The fourth-order valence-corrected chi connectivity index (χ4v) is 2.44. The summed E-state index contributed by atoms with van der Waals surface area (Å²) in [6, 6.07) is 9.42. The third-order valence-corrected chi connectivity index (χ3v) is 3.55. The second-order valence-corrected chi connectivity index (χ2v) is 5.48. The minimum Gasteiger partial charge on any atom is -0.496 e. The molecule has 3 N–H and O–H groups in total. The molecule has 4 nitrogen and oxygen atoms in total. The molecule has 104 valence electrons. The number of pyridine rings is 1. The Bertz CT molecular complexity index is 661. The van der Waals surface area contributed by atoms with Gasteiger partial charge in [-0.05, 0) is 53.2 Å². The van der Waals surface area contributed by atoms with E-state index in [0.29, 0.717) is 10.8 Å². The van der Waals surface area contributed by atoms with E-state index in [9.17, 15) is 0 Å². The van der Waals surface area contributed by atoms with Gasteiger partial charge in [0.25, 0.3) is 0 Å². The average Bonchev–Trinajstić information content (AvgIpc) is 2.38. The maximum atomic E-state index is 5.72. The maximum Gasteiger partial charge on any atom is 0.140 e. The number of aryl methyl sites for hydroxylation is 1. The van der Waals surface area contributed by atoms with E-state index in [2.05, 4.69) is 26.2 Å². The SMILES string of the molecule is COc1ccc(Nc2nc(C)ccc2C(N)=S)cc1Br. The molecular formula is C14H14BrN3OS. The summed E-state index contributed by atoms with van der Waals surface area (Å²) >= 11 is 8.49. The van der Waals surface area contributed by atoms with Crippen molar-refractivity contribution in [3.8, 4) is 5.75 Å². The second-order valence-electron chi connectivity index (χ2n) is 4.19. The third-order valence-electron chi connectivity index (χ3n) is 2.71. The highest BCUT2D eigenvalue weighted by atomic mass is 79.9. The lowest BCUT2D eigenvalue weighted by molar-refractivity contribution is 0.412. The number of nitrogens with zero attached hydrogens (tertiary/aromatic N) is 1. The van der Waals surface area contributed by atoms with Gasteiger partial charge in [-0.25, -0.2) is 4.98 Å². The molecule has 20 heavy (non-hydrogen) atoms. The lowest BCUT2D eigenvalue weighted by atomic mass is 10.2. The first-order valence-electron chi connectivity index (χ1n) is 5.89. The van der Waals surface area contributed by atoms with Crippen LogP contribution in [0.1, 0.15) is 11.3 Å². The summed E-state index contributed by atoms with van der Waals surface area (Å²) in [7, 11) is 1.63. The topological polar surface area (TPSA) is 60.2 Å². The van der Waals surface area contributed by atoms with Crippen LogP contribution in [0, 0.1) is 6.92 Å². The highest BCUT2D eigenvalue weighted by molar-refractivity contribution is 9.10. The van der Waals surface area contributed by atoms with Gasteiger partial charge < -0.3 is 15.8 Å². The van der Waals surface area contributed by atoms with Crippen LogP contribution in [0.15, 0.2) is 34.8 Å². The van der Waals surface area contributed by atoms with Crippen molar-refractivity contribution in [3.05, 3.63) is 46.1 Å². The van der Waals surface area contributed by atoms with E-state index in [-0.39, 0.29) is 0 Å². The fraction of sp³-hybridized carbons (Fsp3) is 0.143. The Morgan fingerprint density at radius 3 is 2.70 bits per heavy atom. The molecule has 0 radical (unpaired) electrons. The van der Waals surface area contributed by atoms with Crippen molar-refractivity contribution in [1.82, 2.24) is 4.98 Å². The molecule has 0 aliphatic heterocycles. The summed E-state index contributed by atoms with van der Waals surface area (Å²) in [6.07, 6.45) is 0. The van der Waals surface area contributed by atoms with Crippen LogP contribution in [0.4, 0.5) is 11.5 Å². The van der Waals surface area contributed by atoms with Gasteiger partial charge >= 0.3 is 0 Å². The molecule has 0 aliphatic rings. The normalized spacial score (nSPS) is 10.2. The monoisotopic (exact) mass is 351 g/mol. The van der Waals surface area contributed by atoms with Crippen molar-refractivity contribution in [3.63, 3.8) is 0 Å². The number of ether oxygens (including phenoxy) is 1. The van der Waals surface area contributed by atoms with Gasteiger partial charge in [-0.3, -0.25) is 0 Å². The molecule has 0 atom stereocenters. The number of halogens is 1. The summed E-state index contributed by atoms with van der Waals surface area (Å²) in [5.41, 5.74) is 8.19. The molecule has 6 heteroatoms. The predicted octanol–water partition coefficient (Wildman–Crippen LogP) is 3.54. The largest absolute Gasteiger partial charge is 0.496 e. The van der Waals surface area contributed by atoms with E-state index in [1.165, 1.54) is 0 Å². The number of aromatic nitrogens is 1. The van der Waals surface area contributed by atoms with Crippen molar-refractivity contribution in [2.24, 2.45) is 5.73 Å². The molecule has 0 fully saturated rings. The zero-order chi connectivity index (χ0) is 14.7. The van der Waals surface area contributed by atoms with E-state index in [1.54, 1.807) is 7.11 Å². The number of anilines is 2. The van der Waals surface area contributed by atoms with Gasteiger partial charge in [0.15, 0.2) is 0 Å². The highest BCUT2D eigenvalue weighted by Gasteiger charge is 2.09. The Morgan fingerprint density at radius 2 is 2.10 bits per heavy atom. The number of nitrogens with two attached hydrogens (primary N) is 1. The molecule has 2 rings (SSSR count). The minimum atomic E-state index is 0.313. The van der Waals surface area contributed by atoms with Gasteiger partial charge in [-0.2, -0.15) is 0 Å². The Kier molecular flexibility index (Phi) is 4.57. The minimum absolute atomic E-state index is 0.313. The molecule has 0 amide bonds. The zero-order valence-electron chi connectivity index (χ0n) is 11.1. The van der Waals surface area contributed by atoms with Crippen molar-refractivity contribution < 1.29 is 4.74 Å². The van der Waals surface area contributed by atoms with Crippen LogP contribution in [-0.2, 0) is 0 Å². The molecule has 0 spiro atoms. The summed E-state index contributed by atoms with van der Waals surface area (Å²) in [5, 5.41) is 3.22. The van der Waals surface area contributed by atoms with Crippen LogP contribution in [0.3, 0.4) is 0 Å². The number of nitrogens with one attached hydrogen (secondary N) is 1. The molecule has 0 saturated carbocycles. The van der Waals surface area contributed by atoms with Crippen LogP contribution in [0.25, 0.3) is 0 Å². The standard InChI is InChI=1S/C14H14BrN3OS/c1-8-3-5-10(13(16)20)14(17-8)18-9-4-6-12(19-2)11(15)7-9/h3-7H,1-2H3,(H2,16,20)(H,17,18). The first-order valence-corrected chi connectivity index (χ1v) is 7.09. The van der Waals surface area contributed by atoms with Crippen LogP contribution < -0.4 is 15.8 Å². The number of methoxy groups -OCH3 is 1. The predicted molar refractivity (Wildman–Crippen MR) is 88.8 cm³/mol. The van der Waals surface area contributed by atoms with Gasteiger partial charge in [0.1, 0.15) is 16.6 Å². The Hall–Kier alpha value is -1.66. The summed E-state index contributed by atoms with van der Waals surface area (Å²) in [6.45, 7) is 1.92. The number of benzene rings is 1. The molecule has 1 aromatic heterocycles. The van der Waals surface area contributed by atoms with E-state index in [1.807, 2.05) is 37.3 Å². The van der Waals surface area contributed by atoms with E-state index in [0.717, 1.165) is 27.2 Å². The Balaban J connectivity index is 2.36. The molecule has 1 heterocycles. The number of hydrogen-bond acceptors (Lipinski definition) is 4. The van der Waals surface area contributed by atoms with Gasteiger partial charge in [-0.1, -0.05) is 12.2 Å². The van der Waals surface area contributed by atoms with Crippen LogP contribution >= 0.6 is 28.1 Å². The summed E-state index contributed by atoms with van der Waals surface area (Å²) in [5.74, 6) is 1.41. The van der Waals surface area contributed by atoms with E-state index in [4.69, 9.17) is 22.7 Å². The third kappa shape index (κ3) is 3.26. The van der Waals surface area contributed by atoms with Crippen LogP contribution in [-0.4, -0.2) is 17.1 Å². The molecule has 2 aromatic rings. The molecule has 0 unspecified atom stereocenters. The maximum absolute atomic E-state index is 5.72. The lowest BCUT2D eigenvalue weighted by Gasteiger charge is -2.12. The molecule has 0 bridgehead atoms. The molecular weight excluding hydrogens is 338 g/mol. The quantitative estimate of drug-likeness (QED) is 0.825. The Labute approximate surface area is 131 Å². The van der Waals surface area contributed by atoms with Crippen LogP contribution in [0.2, 0.25) is 0 Å². The van der Waals surface area contributed by atoms with E-state index < -0.39 is 0 Å². The summed E-state index contributed by atoms with van der Waals surface area (Å²) in [4.78, 5) is 4.75. The van der Waals surface area contributed by atoms with Crippen molar-refractivity contribution in [2.75, 3.05) is 12.4 Å². The number of thiocarbonyl (C=S) groups is 1. The fourth-order valence-electron chi connectivity index (χ4n) is 1.73. The van der Waals surface area contributed by atoms with Crippen molar-refractivity contribution >= 4 is 44.6 Å². The van der Waals surface area contributed by atoms with Crippen molar-refractivity contribution in [2.45, 2.75) is 6.92 Å². The molecule has 0 saturated heterocycles. The first kappa shape index (κ1) is 14.7. The van der Waals surface area contributed by atoms with Gasteiger partial charge in [-0.15, -0.1) is 0 Å². The smallest absolute Gasteiger partial charge is 0.140 e. The molecule has 1 aromatic carbocycles. The lowest BCUT2D eigenvalue weighted by Crippen LogP contribution is -2.13. The number of hydrogen-bond donors (Lipinski definition) is 2. The van der Waals surface area contributed by atoms with E-state index >= 15 is 0 Å². The van der Waals surface area contributed by atoms with Gasteiger partial charge in [0.2, 0.25) is 0 Å². The zero-order valence-corrected chi connectivity index (χ0v) is 13.5. The first-order chi connectivity index (χ1) is 9.51. The second kappa shape index (κ2) is 6.19. The van der Waals surface area contributed by atoms with Crippen LogP contribution in [0.5, 0.6) is 5.75 Å². The average molecular weight is 352 g/mol. The van der Waals surface area contributed by atoms with Gasteiger partial charge in [0, 0.05) is 11.4 Å². The highest BCUT2D eigenvalue weighted by Crippen LogP contribution is 2.29.